The highest BCUT2D eigenvalue weighted by Crippen LogP contribution is 2.38. The van der Waals surface area contributed by atoms with Crippen LogP contribution in [0.25, 0.3) is 0 Å². The molecular weight excluding hydrogens is 267 g/mol. The van der Waals surface area contributed by atoms with E-state index >= 15 is 0 Å². The van der Waals surface area contributed by atoms with Crippen molar-refractivity contribution in [3.63, 3.8) is 0 Å². The fourth-order valence-corrected chi connectivity index (χ4v) is 1.83. The van der Waals surface area contributed by atoms with Gasteiger partial charge in [-0.1, -0.05) is 0 Å². The van der Waals surface area contributed by atoms with Crippen LogP contribution in [-0.2, 0) is 10.3 Å². The van der Waals surface area contributed by atoms with Gasteiger partial charge < -0.3 is 14.6 Å². The normalized spacial score (nSPS) is 18.4. The quantitative estimate of drug-likeness (QED) is 0.896. The van der Waals surface area contributed by atoms with Crippen molar-refractivity contribution in [1.82, 2.24) is 0 Å². The summed E-state index contributed by atoms with van der Waals surface area (Å²) in [6.07, 6.45) is 0. The molecule has 0 aromatic heterocycles. The van der Waals surface area contributed by atoms with E-state index in [0.29, 0.717) is 15.8 Å². The second kappa shape index (κ2) is 3.73. The standard InChI is InChI=1S/C10H10BrFO3/c1-14-9-3-7(11)8(12)2-6(9)10(13)4-15-5-10/h2-3,13H,4-5H2,1H3. The van der Waals surface area contributed by atoms with Gasteiger partial charge in [-0.05, 0) is 28.1 Å². The van der Waals surface area contributed by atoms with Gasteiger partial charge in [0.15, 0.2) is 0 Å². The number of aliphatic hydroxyl groups is 1. The summed E-state index contributed by atoms with van der Waals surface area (Å²) in [7, 11) is 1.48. The second-order valence-corrected chi connectivity index (χ2v) is 4.35. The molecule has 0 aliphatic carbocycles. The summed E-state index contributed by atoms with van der Waals surface area (Å²) in [5.74, 6) is 0.0280. The van der Waals surface area contributed by atoms with E-state index in [1.54, 1.807) is 0 Å². The molecule has 1 aliphatic heterocycles. The highest BCUT2D eigenvalue weighted by atomic mass is 79.9. The third kappa shape index (κ3) is 1.75. The minimum atomic E-state index is -1.12. The second-order valence-electron chi connectivity index (χ2n) is 3.49. The van der Waals surface area contributed by atoms with Crippen LogP contribution in [0.2, 0.25) is 0 Å². The van der Waals surface area contributed by atoms with Gasteiger partial charge in [0.05, 0.1) is 24.8 Å². The van der Waals surface area contributed by atoms with Gasteiger partial charge in [0.1, 0.15) is 17.2 Å². The minimum absolute atomic E-state index is 0.171. The Morgan fingerprint density at radius 3 is 2.67 bits per heavy atom. The molecule has 0 unspecified atom stereocenters. The van der Waals surface area contributed by atoms with Crippen LogP contribution in [0.1, 0.15) is 5.56 Å². The van der Waals surface area contributed by atoms with Crippen molar-refractivity contribution in [3.8, 4) is 5.75 Å². The lowest BCUT2D eigenvalue weighted by Crippen LogP contribution is -2.46. The van der Waals surface area contributed by atoms with E-state index in [4.69, 9.17) is 9.47 Å². The van der Waals surface area contributed by atoms with E-state index < -0.39 is 11.4 Å². The first kappa shape index (κ1) is 10.9. The molecule has 0 bridgehead atoms. The Kier molecular flexibility index (Phi) is 2.70. The number of rotatable bonds is 2. The van der Waals surface area contributed by atoms with Crippen LogP contribution in [-0.4, -0.2) is 25.4 Å². The molecule has 0 atom stereocenters. The van der Waals surface area contributed by atoms with Crippen LogP contribution in [0.15, 0.2) is 16.6 Å². The maximum Gasteiger partial charge on any atom is 0.140 e. The Hall–Kier alpha value is -0.650. The van der Waals surface area contributed by atoms with Crippen LogP contribution in [0, 0.1) is 5.82 Å². The molecule has 82 valence electrons. The van der Waals surface area contributed by atoms with Crippen LogP contribution >= 0.6 is 15.9 Å². The lowest BCUT2D eigenvalue weighted by molar-refractivity contribution is -0.185. The molecule has 1 saturated heterocycles. The van der Waals surface area contributed by atoms with Crippen LogP contribution in [0.4, 0.5) is 4.39 Å². The van der Waals surface area contributed by atoms with E-state index in [9.17, 15) is 9.50 Å². The van der Waals surface area contributed by atoms with Crippen molar-refractivity contribution < 1.29 is 19.0 Å². The van der Waals surface area contributed by atoms with Crippen molar-refractivity contribution in [3.05, 3.63) is 28.0 Å². The van der Waals surface area contributed by atoms with Crippen molar-refractivity contribution in [2.45, 2.75) is 5.60 Å². The summed E-state index contributed by atoms with van der Waals surface area (Å²) >= 11 is 3.06. The van der Waals surface area contributed by atoms with Crippen LogP contribution < -0.4 is 4.74 Å². The molecule has 1 aromatic rings. The molecule has 5 heteroatoms. The molecule has 0 radical (unpaired) electrons. The molecule has 2 rings (SSSR count). The molecule has 0 spiro atoms. The van der Waals surface area contributed by atoms with Gasteiger partial charge >= 0.3 is 0 Å². The number of benzene rings is 1. The zero-order valence-corrected chi connectivity index (χ0v) is 9.67. The summed E-state index contributed by atoms with van der Waals surface area (Å²) in [6, 6.07) is 2.77. The first-order valence-electron chi connectivity index (χ1n) is 4.40. The topological polar surface area (TPSA) is 38.7 Å². The number of hydrogen-bond acceptors (Lipinski definition) is 3. The average Bonchev–Trinajstić information content (AvgIpc) is 2.18. The maximum absolute atomic E-state index is 13.3. The Morgan fingerprint density at radius 1 is 1.53 bits per heavy atom. The van der Waals surface area contributed by atoms with Gasteiger partial charge in [-0.3, -0.25) is 0 Å². The largest absolute Gasteiger partial charge is 0.496 e. The van der Waals surface area contributed by atoms with Gasteiger partial charge in [-0.2, -0.15) is 0 Å². The lowest BCUT2D eigenvalue weighted by atomic mass is 9.91. The molecule has 1 N–H and O–H groups in total. The maximum atomic E-state index is 13.3. The first-order valence-corrected chi connectivity index (χ1v) is 5.20. The Morgan fingerprint density at radius 2 is 2.20 bits per heavy atom. The summed E-state index contributed by atoms with van der Waals surface area (Å²) in [5.41, 5.74) is -0.690. The van der Waals surface area contributed by atoms with Gasteiger partial charge in [-0.15, -0.1) is 0 Å². The minimum Gasteiger partial charge on any atom is -0.496 e. The average molecular weight is 277 g/mol. The number of hydrogen-bond donors (Lipinski definition) is 1. The van der Waals surface area contributed by atoms with Crippen molar-refractivity contribution in [2.75, 3.05) is 20.3 Å². The smallest absolute Gasteiger partial charge is 0.140 e. The molecule has 1 aliphatic rings. The van der Waals surface area contributed by atoms with Crippen molar-refractivity contribution in [2.24, 2.45) is 0 Å². The predicted molar refractivity (Wildman–Crippen MR) is 55.4 cm³/mol. The molecule has 1 fully saturated rings. The fraction of sp³-hybridized carbons (Fsp3) is 0.400. The third-order valence-corrected chi connectivity index (χ3v) is 3.03. The molecule has 1 aromatic carbocycles. The summed E-state index contributed by atoms with van der Waals surface area (Å²) in [6.45, 7) is 0.342. The lowest BCUT2D eigenvalue weighted by Gasteiger charge is -2.37. The van der Waals surface area contributed by atoms with E-state index in [1.807, 2.05) is 0 Å². The molecule has 15 heavy (non-hydrogen) atoms. The molecule has 0 amide bonds. The van der Waals surface area contributed by atoms with Crippen molar-refractivity contribution in [1.29, 1.82) is 0 Å². The first-order chi connectivity index (χ1) is 7.07. The predicted octanol–water partition coefficient (Wildman–Crippen LogP) is 1.81. The monoisotopic (exact) mass is 276 g/mol. The zero-order chi connectivity index (χ0) is 11.1. The summed E-state index contributed by atoms with van der Waals surface area (Å²) < 4.78 is 23.7. The van der Waals surface area contributed by atoms with E-state index in [-0.39, 0.29) is 13.2 Å². The summed E-state index contributed by atoms with van der Waals surface area (Å²) in [4.78, 5) is 0. The van der Waals surface area contributed by atoms with Crippen molar-refractivity contribution >= 4 is 15.9 Å². The molecular formula is C10H10BrFO3. The number of halogens is 2. The Labute approximate surface area is 94.9 Å². The van der Waals surface area contributed by atoms with Gasteiger partial charge in [0, 0.05) is 5.56 Å². The Bertz CT molecular complexity index is 390. The summed E-state index contributed by atoms with van der Waals surface area (Å²) in [5, 5.41) is 10.0. The highest BCUT2D eigenvalue weighted by molar-refractivity contribution is 9.10. The number of methoxy groups -OCH3 is 1. The Balaban J connectivity index is 2.49. The molecule has 3 nitrogen and oxygen atoms in total. The van der Waals surface area contributed by atoms with E-state index in [0.717, 1.165) is 0 Å². The van der Waals surface area contributed by atoms with Crippen LogP contribution in [0.3, 0.4) is 0 Å². The third-order valence-electron chi connectivity index (χ3n) is 2.43. The van der Waals surface area contributed by atoms with Gasteiger partial charge in [-0.25, -0.2) is 4.39 Å². The van der Waals surface area contributed by atoms with E-state index in [1.165, 1.54) is 19.2 Å². The van der Waals surface area contributed by atoms with E-state index in [2.05, 4.69) is 15.9 Å². The number of ether oxygens (including phenoxy) is 2. The molecule has 0 saturated carbocycles. The SMILES string of the molecule is COc1cc(Br)c(F)cc1C1(O)COC1. The van der Waals surface area contributed by atoms with Crippen LogP contribution in [0.5, 0.6) is 5.75 Å². The fourth-order valence-electron chi connectivity index (χ4n) is 1.51. The van der Waals surface area contributed by atoms with Gasteiger partial charge in [0.2, 0.25) is 0 Å². The highest BCUT2D eigenvalue weighted by Gasteiger charge is 2.40. The van der Waals surface area contributed by atoms with Gasteiger partial charge in [0.25, 0.3) is 0 Å². The molecule has 1 heterocycles. The zero-order valence-electron chi connectivity index (χ0n) is 8.09.